The third-order valence-electron chi connectivity index (χ3n) is 1.43. The molecule has 0 radical (unpaired) electrons. The molecule has 8 heavy (non-hydrogen) atoms. The molecule has 0 aliphatic heterocycles. The number of carboxylic acids is 1. The molecule has 1 N–H and O–H groups in total. The van der Waals surface area contributed by atoms with Crippen molar-refractivity contribution in [3.8, 4) is 0 Å². The summed E-state index contributed by atoms with van der Waals surface area (Å²) in [4.78, 5) is 9.96. The van der Waals surface area contributed by atoms with E-state index in [-0.39, 0.29) is 12.8 Å². The molecular weight excluding hydrogens is 110 g/mol. The van der Waals surface area contributed by atoms with Crippen LogP contribution < -0.4 is 0 Å². The largest absolute Gasteiger partial charge is 0.481 e. The Morgan fingerprint density at radius 3 is 2.25 bits per heavy atom. The van der Waals surface area contributed by atoms with E-state index in [9.17, 15) is 9.18 Å². The van der Waals surface area contributed by atoms with Gasteiger partial charge in [-0.3, -0.25) is 4.79 Å². The molecule has 0 unspecified atom stereocenters. The van der Waals surface area contributed by atoms with Crippen LogP contribution in [0.5, 0.6) is 0 Å². The Kier molecular flexibility index (Phi) is 1.19. The van der Waals surface area contributed by atoms with Gasteiger partial charge in [-0.25, -0.2) is 4.39 Å². The molecule has 0 heterocycles. The van der Waals surface area contributed by atoms with E-state index in [0.29, 0.717) is 0 Å². The van der Waals surface area contributed by atoms with Crippen LogP contribution in [0, 0.1) is 5.92 Å². The lowest BCUT2D eigenvalue weighted by Crippen LogP contribution is -2.31. The van der Waals surface area contributed by atoms with Crippen molar-refractivity contribution in [2.24, 2.45) is 5.92 Å². The zero-order chi connectivity index (χ0) is 6.15. The fraction of sp³-hybridized carbons (Fsp3) is 0.800. The number of hydrogen-bond acceptors (Lipinski definition) is 1. The maximum Gasteiger partial charge on any atom is 0.306 e. The first-order valence-electron chi connectivity index (χ1n) is 2.57. The Labute approximate surface area is 46.3 Å². The van der Waals surface area contributed by atoms with Crippen LogP contribution in [0.3, 0.4) is 0 Å². The van der Waals surface area contributed by atoms with Gasteiger partial charge in [-0.1, -0.05) is 0 Å². The van der Waals surface area contributed by atoms with Crippen molar-refractivity contribution >= 4 is 5.97 Å². The summed E-state index contributed by atoms with van der Waals surface area (Å²) >= 11 is 0. The number of hydrogen-bond donors (Lipinski definition) is 1. The Morgan fingerprint density at radius 2 is 2.12 bits per heavy atom. The quantitative estimate of drug-likeness (QED) is 0.552. The molecule has 0 saturated heterocycles. The van der Waals surface area contributed by atoms with E-state index in [4.69, 9.17) is 5.11 Å². The SMILES string of the molecule is O=C(O)[C@H]1C[C@H]([18F])C1. The molecule has 1 rings (SSSR count). The van der Waals surface area contributed by atoms with Crippen LogP contribution >= 0.6 is 0 Å². The predicted octanol–water partition coefficient (Wildman–Crippen LogP) is 0.819. The molecule has 2 nitrogen and oxygen atoms in total. The Balaban J connectivity index is 2.25. The second-order valence-corrected chi connectivity index (χ2v) is 2.10. The van der Waals surface area contributed by atoms with Gasteiger partial charge in [0.25, 0.3) is 0 Å². The van der Waals surface area contributed by atoms with E-state index in [2.05, 4.69) is 0 Å². The van der Waals surface area contributed by atoms with Crippen molar-refractivity contribution in [3.63, 3.8) is 0 Å². The fourth-order valence-corrected chi connectivity index (χ4v) is 0.750. The minimum absolute atomic E-state index is 0.218. The summed E-state index contributed by atoms with van der Waals surface area (Å²) < 4.78 is 11.9. The van der Waals surface area contributed by atoms with Gasteiger partial charge in [-0.05, 0) is 12.8 Å². The number of carbonyl (C=O) groups is 1. The van der Waals surface area contributed by atoms with Crippen LogP contribution in [-0.4, -0.2) is 17.2 Å². The molecule has 0 aromatic rings. The van der Waals surface area contributed by atoms with Gasteiger partial charge in [-0.2, -0.15) is 0 Å². The molecule has 1 aliphatic rings. The van der Waals surface area contributed by atoms with E-state index in [1.807, 2.05) is 0 Å². The van der Waals surface area contributed by atoms with Crippen molar-refractivity contribution in [2.45, 2.75) is 19.0 Å². The minimum atomic E-state index is -0.862. The normalized spacial score (nSPS) is 36.1. The lowest BCUT2D eigenvalue weighted by molar-refractivity contribution is -0.146. The average molecular weight is 117 g/mol. The maximum absolute atomic E-state index is 11.9. The van der Waals surface area contributed by atoms with E-state index in [1.165, 1.54) is 0 Å². The lowest BCUT2D eigenvalue weighted by Gasteiger charge is -2.24. The van der Waals surface area contributed by atoms with Crippen LogP contribution in [0.25, 0.3) is 0 Å². The van der Waals surface area contributed by atoms with Crippen LogP contribution in [0.15, 0.2) is 0 Å². The number of rotatable bonds is 1. The van der Waals surface area contributed by atoms with Crippen LogP contribution in [0.2, 0.25) is 0 Å². The molecule has 0 aromatic heterocycles. The molecule has 0 atom stereocenters. The summed E-state index contributed by atoms with van der Waals surface area (Å²) in [5, 5.41) is 8.18. The monoisotopic (exact) mass is 117 g/mol. The molecule has 1 saturated carbocycles. The highest BCUT2D eigenvalue weighted by molar-refractivity contribution is 5.71. The van der Waals surface area contributed by atoms with Crippen LogP contribution in [0.1, 0.15) is 12.8 Å². The van der Waals surface area contributed by atoms with Crippen molar-refractivity contribution < 1.29 is 14.3 Å². The molecule has 46 valence electrons. The predicted molar refractivity (Wildman–Crippen MR) is 25.3 cm³/mol. The summed E-state index contributed by atoms with van der Waals surface area (Å²) in [6.07, 6.45) is -0.416. The summed E-state index contributed by atoms with van der Waals surface area (Å²) in [5.74, 6) is -1.26. The molecule has 1 aliphatic carbocycles. The second-order valence-electron chi connectivity index (χ2n) is 2.10. The summed E-state index contributed by atoms with van der Waals surface area (Å²) in [7, 11) is 0. The van der Waals surface area contributed by atoms with Gasteiger partial charge >= 0.3 is 5.97 Å². The Morgan fingerprint density at radius 1 is 1.62 bits per heavy atom. The Bertz CT molecular complexity index is 107. The second kappa shape index (κ2) is 1.73. The first-order chi connectivity index (χ1) is 3.70. The third-order valence-corrected chi connectivity index (χ3v) is 1.43. The molecule has 1 fully saturated rings. The van der Waals surface area contributed by atoms with Crippen molar-refractivity contribution in [2.75, 3.05) is 0 Å². The van der Waals surface area contributed by atoms with Gasteiger partial charge in [0.15, 0.2) is 0 Å². The molecular formula is C5H7FO2. The topological polar surface area (TPSA) is 37.3 Å². The van der Waals surface area contributed by atoms with E-state index < -0.39 is 18.1 Å². The van der Waals surface area contributed by atoms with Gasteiger partial charge < -0.3 is 5.11 Å². The maximum atomic E-state index is 11.9. The highest BCUT2D eigenvalue weighted by atomic mass is 18.2. The average Bonchev–Trinajstić information content (AvgIpc) is 1.57. The van der Waals surface area contributed by atoms with Gasteiger partial charge in [0.2, 0.25) is 0 Å². The highest BCUT2D eigenvalue weighted by Gasteiger charge is 2.34. The van der Waals surface area contributed by atoms with Crippen molar-refractivity contribution in [1.29, 1.82) is 0 Å². The van der Waals surface area contributed by atoms with Gasteiger partial charge in [-0.15, -0.1) is 0 Å². The van der Waals surface area contributed by atoms with Gasteiger partial charge in [0, 0.05) is 0 Å². The number of aliphatic carboxylic acids is 1. The van der Waals surface area contributed by atoms with Crippen molar-refractivity contribution in [1.82, 2.24) is 0 Å². The zero-order valence-electron chi connectivity index (χ0n) is 4.30. The number of carboxylic acid groups (broad SMARTS) is 1. The third kappa shape index (κ3) is 0.804. The smallest absolute Gasteiger partial charge is 0.306 e. The first kappa shape index (κ1) is 5.54. The van der Waals surface area contributed by atoms with E-state index in [1.54, 1.807) is 0 Å². The number of halogens is 1. The van der Waals surface area contributed by atoms with E-state index in [0.717, 1.165) is 0 Å². The minimum Gasteiger partial charge on any atom is -0.481 e. The lowest BCUT2D eigenvalue weighted by atomic mass is 9.83. The standard InChI is InChI=1S/C5H7FO2/c6-4-1-3(2-4)5(7)8/h3-4H,1-2H2,(H,7,8)/t3-,4-/i6-1. The first-order valence-corrected chi connectivity index (χ1v) is 2.57. The highest BCUT2D eigenvalue weighted by Crippen LogP contribution is 2.29. The van der Waals surface area contributed by atoms with Gasteiger partial charge in [0.1, 0.15) is 6.17 Å². The summed E-state index contributed by atoms with van der Waals surface area (Å²) in [6, 6.07) is 0. The molecule has 0 bridgehead atoms. The molecule has 0 spiro atoms. The summed E-state index contributed by atoms with van der Waals surface area (Å²) in [5.41, 5.74) is 0. The zero-order valence-corrected chi connectivity index (χ0v) is 4.30. The summed E-state index contributed by atoms with van der Waals surface area (Å²) in [6.45, 7) is 0. The molecule has 0 amide bonds. The number of alkyl halides is 1. The molecule has 3 heteroatoms. The fourth-order valence-electron chi connectivity index (χ4n) is 0.750. The van der Waals surface area contributed by atoms with E-state index >= 15 is 0 Å². The van der Waals surface area contributed by atoms with Crippen LogP contribution in [-0.2, 0) is 4.79 Å². The van der Waals surface area contributed by atoms with Crippen molar-refractivity contribution in [3.05, 3.63) is 0 Å². The molecule has 0 aromatic carbocycles. The van der Waals surface area contributed by atoms with Gasteiger partial charge in [0.05, 0.1) is 5.92 Å². The van der Waals surface area contributed by atoms with Crippen LogP contribution in [0.4, 0.5) is 4.39 Å². The Hall–Kier alpha value is -0.600.